The molecule has 106 valence electrons. The largest absolute Gasteiger partial charge is 0.372 e. The normalized spacial score (nSPS) is 18.3. The van der Waals surface area contributed by atoms with Crippen LogP contribution in [0.4, 0.5) is 10.1 Å². The van der Waals surface area contributed by atoms with E-state index in [1.807, 2.05) is 12.1 Å². The molecule has 3 heteroatoms. The van der Waals surface area contributed by atoms with Gasteiger partial charge in [-0.1, -0.05) is 19.3 Å². The second-order valence-corrected chi connectivity index (χ2v) is 5.73. The van der Waals surface area contributed by atoms with Crippen LogP contribution in [0, 0.1) is 5.82 Å². The Bertz CT molecular complexity index is 382. The SMILES string of the molecule is CCN(CCC1(N)CCCCC1)c1ccc(F)cc1. The molecule has 2 rings (SSSR count). The number of hydrogen-bond acceptors (Lipinski definition) is 2. The van der Waals surface area contributed by atoms with Gasteiger partial charge in [0.1, 0.15) is 5.82 Å². The summed E-state index contributed by atoms with van der Waals surface area (Å²) in [5.74, 6) is -0.178. The van der Waals surface area contributed by atoms with Gasteiger partial charge in [-0.2, -0.15) is 0 Å². The standard InChI is InChI=1S/C16H25FN2/c1-2-19(15-8-6-14(17)7-9-15)13-12-16(18)10-4-3-5-11-16/h6-9H,2-5,10-13,18H2,1H3. The van der Waals surface area contributed by atoms with E-state index in [1.165, 1.54) is 31.4 Å². The topological polar surface area (TPSA) is 29.3 Å². The number of nitrogens with zero attached hydrogens (tertiary/aromatic N) is 1. The summed E-state index contributed by atoms with van der Waals surface area (Å²) in [6.07, 6.45) is 7.17. The molecule has 1 aromatic carbocycles. The van der Waals surface area contributed by atoms with Gasteiger partial charge in [0.05, 0.1) is 0 Å². The zero-order valence-electron chi connectivity index (χ0n) is 11.9. The van der Waals surface area contributed by atoms with Crippen molar-refractivity contribution in [1.82, 2.24) is 0 Å². The molecule has 0 amide bonds. The fourth-order valence-corrected chi connectivity index (χ4v) is 2.99. The van der Waals surface area contributed by atoms with Gasteiger partial charge in [0, 0.05) is 24.3 Å². The smallest absolute Gasteiger partial charge is 0.123 e. The first-order chi connectivity index (χ1) is 9.13. The van der Waals surface area contributed by atoms with E-state index in [1.54, 1.807) is 0 Å². The molecule has 1 aliphatic rings. The van der Waals surface area contributed by atoms with Crippen molar-refractivity contribution in [2.45, 2.75) is 51.0 Å². The Hall–Kier alpha value is -1.09. The molecule has 0 radical (unpaired) electrons. The van der Waals surface area contributed by atoms with Crippen LogP contribution >= 0.6 is 0 Å². The third-order valence-electron chi connectivity index (χ3n) is 4.30. The average Bonchev–Trinajstić information content (AvgIpc) is 2.42. The fourth-order valence-electron chi connectivity index (χ4n) is 2.99. The first kappa shape index (κ1) is 14.3. The van der Waals surface area contributed by atoms with Gasteiger partial charge in [0.2, 0.25) is 0 Å². The van der Waals surface area contributed by atoms with Crippen molar-refractivity contribution in [2.75, 3.05) is 18.0 Å². The Kier molecular flexibility index (Phi) is 4.81. The minimum Gasteiger partial charge on any atom is -0.372 e. The molecule has 0 spiro atoms. The second-order valence-electron chi connectivity index (χ2n) is 5.73. The van der Waals surface area contributed by atoms with Gasteiger partial charge in [0.15, 0.2) is 0 Å². The zero-order chi connectivity index (χ0) is 13.7. The molecule has 0 bridgehead atoms. The zero-order valence-corrected chi connectivity index (χ0v) is 11.9. The highest BCUT2D eigenvalue weighted by molar-refractivity contribution is 5.46. The van der Waals surface area contributed by atoms with Gasteiger partial charge in [-0.05, 0) is 50.5 Å². The van der Waals surface area contributed by atoms with Crippen LogP contribution < -0.4 is 10.6 Å². The summed E-state index contributed by atoms with van der Waals surface area (Å²) in [5.41, 5.74) is 7.58. The molecule has 1 aromatic rings. The van der Waals surface area contributed by atoms with Gasteiger partial charge in [-0.15, -0.1) is 0 Å². The van der Waals surface area contributed by atoms with E-state index in [0.717, 1.165) is 38.0 Å². The monoisotopic (exact) mass is 264 g/mol. The number of hydrogen-bond donors (Lipinski definition) is 1. The summed E-state index contributed by atoms with van der Waals surface area (Å²) >= 11 is 0. The fraction of sp³-hybridized carbons (Fsp3) is 0.625. The lowest BCUT2D eigenvalue weighted by Crippen LogP contribution is -2.44. The maximum Gasteiger partial charge on any atom is 0.123 e. The Morgan fingerprint density at radius 1 is 1.16 bits per heavy atom. The van der Waals surface area contributed by atoms with E-state index in [4.69, 9.17) is 5.73 Å². The third-order valence-corrected chi connectivity index (χ3v) is 4.30. The van der Waals surface area contributed by atoms with Gasteiger partial charge in [0.25, 0.3) is 0 Å². The van der Waals surface area contributed by atoms with Crippen molar-refractivity contribution in [3.05, 3.63) is 30.1 Å². The molecule has 2 nitrogen and oxygen atoms in total. The summed E-state index contributed by atoms with van der Waals surface area (Å²) in [7, 11) is 0. The number of benzene rings is 1. The third kappa shape index (κ3) is 3.93. The summed E-state index contributed by atoms with van der Waals surface area (Å²) < 4.78 is 13.0. The summed E-state index contributed by atoms with van der Waals surface area (Å²) in [4.78, 5) is 2.28. The lowest BCUT2D eigenvalue weighted by molar-refractivity contribution is 0.280. The molecule has 0 saturated heterocycles. The quantitative estimate of drug-likeness (QED) is 0.878. The van der Waals surface area contributed by atoms with Crippen LogP contribution in [-0.2, 0) is 0 Å². The van der Waals surface area contributed by atoms with Crippen molar-refractivity contribution in [1.29, 1.82) is 0 Å². The summed E-state index contributed by atoms with van der Waals surface area (Å²) in [6.45, 7) is 4.02. The van der Waals surface area contributed by atoms with Gasteiger partial charge < -0.3 is 10.6 Å². The summed E-state index contributed by atoms with van der Waals surface area (Å²) in [6, 6.07) is 6.75. The second kappa shape index (κ2) is 6.38. The van der Waals surface area contributed by atoms with Crippen LogP contribution in [0.25, 0.3) is 0 Å². The minimum absolute atomic E-state index is 0.0195. The highest BCUT2D eigenvalue weighted by atomic mass is 19.1. The Morgan fingerprint density at radius 3 is 2.37 bits per heavy atom. The van der Waals surface area contributed by atoms with Crippen LogP contribution in [0.1, 0.15) is 45.4 Å². The van der Waals surface area contributed by atoms with Crippen LogP contribution in [0.3, 0.4) is 0 Å². The molecule has 1 saturated carbocycles. The predicted molar refractivity (Wildman–Crippen MR) is 78.9 cm³/mol. The molecule has 19 heavy (non-hydrogen) atoms. The van der Waals surface area contributed by atoms with Crippen molar-refractivity contribution in [3.63, 3.8) is 0 Å². The first-order valence-electron chi connectivity index (χ1n) is 7.42. The number of halogens is 1. The number of anilines is 1. The molecular weight excluding hydrogens is 239 g/mol. The van der Waals surface area contributed by atoms with Crippen molar-refractivity contribution in [2.24, 2.45) is 5.73 Å². The van der Waals surface area contributed by atoms with Crippen LogP contribution in [0.5, 0.6) is 0 Å². The van der Waals surface area contributed by atoms with E-state index in [0.29, 0.717) is 0 Å². The van der Waals surface area contributed by atoms with E-state index in [2.05, 4.69) is 11.8 Å². The van der Waals surface area contributed by atoms with E-state index >= 15 is 0 Å². The van der Waals surface area contributed by atoms with Crippen LogP contribution in [0.2, 0.25) is 0 Å². The molecule has 1 fully saturated rings. The highest BCUT2D eigenvalue weighted by Crippen LogP contribution is 2.29. The molecule has 1 aliphatic carbocycles. The average molecular weight is 264 g/mol. The molecule has 2 N–H and O–H groups in total. The van der Waals surface area contributed by atoms with Crippen molar-refractivity contribution < 1.29 is 4.39 Å². The molecule has 0 aliphatic heterocycles. The Balaban J connectivity index is 1.93. The van der Waals surface area contributed by atoms with Gasteiger partial charge >= 0.3 is 0 Å². The highest BCUT2D eigenvalue weighted by Gasteiger charge is 2.27. The van der Waals surface area contributed by atoms with Crippen molar-refractivity contribution >= 4 is 5.69 Å². The molecule has 0 unspecified atom stereocenters. The number of nitrogens with two attached hydrogens (primary N) is 1. The van der Waals surface area contributed by atoms with E-state index in [-0.39, 0.29) is 11.4 Å². The number of rotatable bonds is 5. The van der Waals surface area contributed by atoms with Crippen molar-refractivity contribution in [3.8, 4) is 0 Å². The van der Waals surface area contributed by atoms with Crippen LogP contribution in [-0.4, -0.2) is 18.6 Å². The van der Waals surface area contributed by atoms with E-state index < -0.39 is 0 Å². The molecule has 0 aromatic heterocycles. The first-order valence-corrected chi connectivity index (χ1v) is 7.42. The molecular formula is C16H25FN2. The molecule has 0 heterocycles. The predicted octanol–water partition coefficient (Wildman–Crippen LogP) is 3.70. The maximum atomic E-state index is 13.0. The van der Waals surface area contributed by atoms with Gasteiger partial charge in [-0.25, -0.2) is 4.39 Å². The minimum atomic E-state index is -0.178. The Morgan fingerprint density at radius 2 is 1.79 bits per heavy atom. The Labute approximate surface area is 115 Å². The molecule has 0 atom stereocenters. The maximum absolute atomic E-state index is 13.0. The summed E-state index contributed by atoms with van der Waals surface area (Å²) in [5, 5.41) is 0. The lowest BCUT2D eigenvalue weighted by atomic mass is 9.80. The van der Waals surface area contributed by atoms with Gasteiger partial charge in [-0.3, -0.25) is 0 Å². The van der Waals surface area contributed by atoms with Crippen LogP contribution in [0.15, 0.2) is 24.3 Å². The lowest BCUT2D eigenvalue weighted by Gasteiger charge is -2.36. The van der Waals surface area contributed by atoms with E-state index in [9.17, 15) is 4.39 Å².